The van der Waals surface area contributed by atoms with E-state index in [0.29, 0.717) is 37.0 Å². The largest absolute Gasteiger partial charge is 0.486 e. The van der Waals surface area contributed by atoms with Gasteiger partial charge in [-0.25, -0.2) is 9.67 Å². The lowest BCUT2D eigenvalue weighted by Crippen LogP contribution is -2.04. The van der Waals surface area contributed by atoms with Crippen LogP contribution in [0.1, 0.15) is 35.9 Å². The molecule has 1 aromatic carbocycles. The first-order chi connectivity index (χ1) is 10.1. The second-order valence-electron chi connectivity index (χ2n) is 4.57. The van der Waals surface area contributed by atoms with E-state index in [0.717, 1.165) is 5.82 Å². The summed E-state index contributed by atoms with van der Waals surface area (Å²) in [6, 6.07) is 7.03. The van der Waals surface area contributed by atoms with Crippen LogP contribution in [0.3, 0.4) is 0 Å². The van der Waals surface area contributed by atoms with Crippen molar-refractivity contribution in [2.45, 2.75) is 27.1 Å². The molecule has 0 saturated carbocycles. The Balaban J connectivity index is 1.96. The molecular formula is C15H19N3O3. The van der Waals surface area contributed by atoms with Gasteiger partial charge in [-0.05, 0) is 38.1 Å². The van der Waals surface area contributed by atoms with Crippen molar-refractivity contribution in [2.75, 3.05) is 6.61 Å². The third-order valence-corrected chi connectivity index (χ3v) is 2.96. The maximum atomic E-state index is 11.2. The summed E-state index contributed by atoms with van der Waals surface area (Å²) in [7, 11) is 1.82. The molecule has 1 aromatic heterocycles. The molecule has 0 N–H and O–H groups in total. The van der Waals surface area contributed by atoms with E-state index in [4.69, 9.17) is 9.47 Å². The van der Waals surface area contributed by atoms with E-state index in [2.05, 4.69) is 10.1 Å². The lowest BCUT2D eigenvalue weighted by Gasteiger charge is -2.05. The third-order valence-electron chi connectivity index (χ3n) is 2.96. The summed E-state index contributed by atoms with van der Waals surface area (Å²) in [5, 5.41) is 4.25. The Labute approximate surface area is 123 Å². The summed E-state index contributed by atoms with van der Waals surface area (Å²) in [5.41, 5.74) is 0.667. The molecule has 0 aliphatic heterocycles. The van der Waals surface area contributed by atoms with Crippen LogP contribution in [0.15, 0.2) is 24.3 Å². The number of benzene rings is 1. The molecule has 0 bridgehead atoms. The Morgan fingerprint density at radius 1 is 1.24 bits per heavy atom. The Morgan fingerprint density at radius 2 is 1.95 bits per heavy atom. The molecule has 0 radical (unpaired) electrons. The first-order valence-corrected chi connectivity index (χ1v) is 6.80. The van der Waals surface area contributed by atoms with Gasteiger partial charge in [0.25, 0.3) is 0 Å². The Kier molecular flexibility index (Phi) is 5.05. The fourth-order valence-corrected chi connectivity index (χ4v) is 1.79. The molecule has 112 valence electrons. The molecular weight excluding hydrogens is 270 g/mol. The summed E-state index contributed by atoms with van der Waals surface area (Å²) in [6.07, 6.45) is 0. The molecule has 2 rings (SSSR count). The fraction of sp³-hybridized carbons (Fsp3) is 0.400. The van der Waals surface area contributed by atoms with Gasteiger partial charge in [0.15, 0.2) is 17.4 Å². The summed E-state index contributed by atoms with van der Waals surface area (Å²) >= 11 is 0. The number of Topliss-reactive ketones (excluding diaryl/α,β-unsaturated/α-hetero) is 1. The molecule has 2 aromatic rings. The molecule has 1 heterocycles. The third kappa shape index (κ3) is 4.13. The average molecular weight is 289 g/mol. The number of nitrogens with zero attached hydrogens (tertiary/aromatic N) is 3. The van der Waals surface area contributed by atoms with Crippen LogP contribution in [-0.4, -0.2) is 27.2 Å². The van der Waals surface area contributed by atoms with Crippen molar-refractivity contribution in [3.05, 3.63) is 41.5 Å². The lowest BCUT2D eigenvalue weighted by molar-refractivity contribution is 0.101. The highest BCUT2D eigenvalue weighted by atomic mass is 16.5. The highest BCUT2D eigenvalue weighted by Gasteiger charge is 2.08. The summed E-state index contributed by atoms with van der Waals surface area (Å²) < 4.78 is 12.6. The van der Waals surface area contributed by atoms with Crippen LogP contribution in [0.25, 0.3) is 0 Å². The SMILES string of the molecule is CCOCc1nc(COc2ccc(C(C)=O)cc2)n(C)n1. The summed E-state index contributed by atoms with van der Waals surface area (Å²) in [6.45, 7) is 4.81. The van der Waals surface area contributed by atoms with Gasteiger partial charge in [-0.1, -0.05) is 0 Å². The topological polar surface area (TPSA) is 66.2 Å². The number of rotatable bonds is 7. The van der Waals surface area contributed by atoms with Gasteiger partial charge >= 0.3 is 0 Å². The monoisotopic (exact) mass is 289 g/mol. The molecule has 0 atom stereocenters. The number of aromatic nitrogens is 3. The highest BCUT2D eigenvalue weighted by molar-refractivity contribution is 5.94. The molecule has 0 amide bonds. The number of hydrogen-bond acceptors (Lipinski definition) is 5. The zero-order valence-corrected chi connectivity index (χ0v) is 12.5. The van der Waals surface area contributed by atoms with Crippen molar-refractivity contribution in [2.24, 2.45) is 7.05 Å². The van der Waals surface area contributed by atoms with Gasteiger partial charge in [0, 0.05) is 19.2 Å². The van der Waals surface area contributed by atoms with Gasteiger partial charge < -0.3 is 9.47 Å². The molecule has 6 heteroatoms. The van der Waals surface area contributed by atoms with Gasteiger partial charge in [0.1, 0.15) is 19.0 Å². The minimum atomic E-state index is 0.0374. The molecule has 0 saturated heterocycles. The minimum absolute atomic E-state index is 0.0374. The van der Waals surface area contributed by atoms with E-state index in [1.165, 1.54) is 6.92 Å². The smallest absolute Gasteiger partial charge is 0.176 e. The van der Waals surface area contributed by atoms with Crippen LogP contribution >= 0.6 is 0 Å². The zero-order valence-electron chi connectivity index (χ0n) is 12.5. The van der Waals surface area contributed by atoms with Gasteiger partial charge in [0.2, 0.25) is 0 Å². The predicted octanol–water partition coefficient (Wildman–Crippen LogP) is 2.13. The van der Waals surface area contributed by atoms with E-state index in [-0.39, 0.29) is 5.78 Å². The number of aryl methyl sites for hydroxylation is 1. The maximum absolute atomic E-state index is 11.2. The Morgan fingerprint density at radius 3 is 2.57 bits per heavy atom. The molecule has 6 nitrogen and oxygen atoms in total. The number of carbonyl (C=O) groups excluding carboxylic acids is 1. The van der Waals surface area contributed by atoms with Crippen molar-refractivity contribution < 1.29 is 14.3 Å². The van der Waals surface area contributed by atoms with Gasteiger partial charge in [-0.3, -0.25) is 4.79 Å². The fourth-order valence-electron chi connectivity index (χ4n) is 1.79. The van der Waals surface area contributed by atoms with Gasteiger partial charge in [-0.15, -0.1) is 0 Å². The predicted molar refractivity (Wildman–Crippen MR) is 77.1 cm³/mol. The van der Waals surface area contributed by atoms with E-state index in [1.807, 2.05) is 14.0 Å². The number of hydrogen-bond donors (Lipinski definition) is 0. The van der Waals surface area contributed by atoms with E-state index in [9.17, 15) is 4.79 Å². The maximum Gasteiger partial charge on any atom is 0.176 e. The van der Waals surface area contributed by atoms with E-state index >= 15 is 0 Å². The number of carbonyl (C=O) groups is 1. The molecule has 21 heavy (non-hydrogen) atoms. The van der Waals surface area contributed by atoms with Crippen LogP contribution in [0.2, 0.25) is 0 Å². The second-order valence-corrected chi connectivity index (χ2v) is 4.57. The van der Waals surface area contributed by atoms with Crippen LogP contribution in [0.4, 0.5) is 0 Å². The standard InChI is InChI=1S/C15H19N3O3/c1-4-20-9-14-16-15(18(3)17-14)10-21-13-7-5-12(6-8-13)11(2)19/h5-8H,4,9-10H2,1-3H3. The van der Waals surface area contributed by atoms with Crippen LogP contribution in [-0.2, 0) is 25.0 Å². The summed E-state index contributed by atoms with van der Waals surface area (Å²) in [5.74, 6) is 2.09. The number of ether oxygens (including phenoxy) is 2. The number of ketones is 1. The zero-order chi connectivity index (χ0) is 15.2. The molecule has 0 aliphatic carbocycles. The van der Waals surface area contributed by atoms with Crippen molar-refractivity contribution in [3.63, 3.8) is 0 Å². The molecule has 0 unspecified atom stereocenters. The van der Waals surface area contributed by atoms with Crippen molar-refractivity contribution >= 4 is 5.78 Å². The van der Waals surface area contributed by atoms with Crippen LogP contribution in [0.5, 0.6) is 5.75 Å². The first-order valence-electron chi connectivity index (χ1n) is 6.80. The van der Waals surface area contributed by atoms with Gasteiger partial charge in [0.05, 0.1) is 0 Å². The van der Waals surface area contributed by atoms with E-state index < -0.39 is 0 Å². The quantitative estimate of drug-likeness (QED) is 0.730. The van der Waals surface area contributed by atoms with Crippen LogP contribution in [0, 0.1) is 0 Å². The van der Waals surface area contributed by atoms with Crippen molar-refractivity contribution in [1.29, 1.82) is 0 Å². The Bertz CT molecular complexity index is 605. The molecule has 0 aliphatic rings. The van der Waals surface area contributed by atoms with Crippen LogP contribution < -0.4 is 4.74 Å². The molecule has 0 fully saturated rings. The van der Waals surface area contributed by atoms with Crippen molar-refractivity contribution in [1.82, 2.24) is 14.8 Å². The van der Waals surface area contributed by atoms with E-state index in [1.54, 1.807) is 28.9 Å². The first kappa shape index (κ1) is 15.2. The lowest BCUT2D eigenvalue weighted by atomic mass is 10.1. The second kappa shape index (κ2) is 6.99. The van der Waals surface area contributed by atoms with Crippen molar-refractivity contribution in [3.8, 4) is 5.75 Å². The molecule has 0 spiro atoms. The minimum Gasteiger partial charge on any atom is -0.486 e. The average Bonchev–Trinajstić information content (AvgIpc) is 2.83. The Hall–Kier alpha value is -2.21. The van der Waals surface area contributed by atoms with Gasteiger partial charge in [-0.2, -0.15) is 5.10 Å². The normalized spacial score (nSPS) is 10.6. The summed E-state index contributed by atoms with van der Waals surface area (Å²) in [4.78, 5) is 15.6. The highest BCUT2D eigenvalue weighted by Crippen LogP contribution is 2.14.